The van der Waals surface area contributed by atoms with Gasteiger partial charge in [0.2, 0.25) is 0 Å². The molecule has 10 heteroatoms. The number of esters is 2. The van der Waals surface area contributed by atoms with Crippen LogP contribution in [0.25, 0.3) is 5.69 Å². The number of carbonyl (C=O) groups is 3. The van der Waals surface area contributed by atoms with Gasteiger partial charge in [0.25, 0.3) is 0 Å². The van der Waals surface area contributed by atoms with Gasteiger partial charge in [0.1, 0.15) is 18.4 Å². The van der Waals surface area contributed by atoms with Crippen molar-refractivity contribution in [2.45, 2.75) is 6.92 Å². The van der Waals surface area contributed by atoms with Gasteiger partial charge in [-0.05, 0) is 36.8 Å². The van der Waals surface area contributed by atoms with Crippen LogP contribution in [-0.4, -0.2) is 52.0 Å². The molecule has 1 aromatic heterocycles. The van der Waals surface area contributed by atoms with Crippen molar-refractivity contribution in [3.63, 3.8) is 0 Å². The van der Waals surface area contributed by atoms with E-state index in [-0.39, 0.29) is 22.5 Å². The fraction of sp³-hybridized carbons (Fsp3) is 0.150. The highest BCUT2D eigenvalue weighted by Crippen LogP contribution is 2.34. The molecular formula is C20H18N4O6. The number of carboxylic acids is 1. The zero-order chi connectivity index (χ0) is 21.8. The number of aromatic carboxylic acids is 1. The summed E-state index contributed by atoms with van der Waals surface area (Å²) in [5, 5.41) is 13.9. The maximum Gasteiger partial charge on any atom is 0.355 e. The van der Waals surface area contributed by atoms with Crippen molar-refractivity contribution in [2.75, 3.05) is 19.1 Å². The fourth-order valence-electron chi connectivity index (χ4n) is 3.05. The van der Waals surface area contributed by atoms with Gasteiger partial charge in [0, 0.05) is 6.20 Å². The van der Waals surface area contributed by atoms with Gasteiger partial charge in [0.05, 0.1) is 36.7 Å². The lowest BCUT2D eigenvalue weighted by atomic mass is 10.0. The molecule has 2 aromatic rings. The molecule has 0 saturated heterocycles. The van der Waals surface area contributed by atoms with E-state index in [1.807, 2.05) is 0 Å². The first kappa shape index (κ1) is 20.5. The number of ether oxygens (including phenoxy) is 2. The lowest BCUT2D eigenvalue weighted by molar-refractivity contribution is -0.139. The first-order valence-electron chi connectivity index (χ1n) is 8.67. The quantitative estimate of drug-likeness (QED) is 0.734. The summed E-state index contributed by atoms with van der Waals surface area (Å²) >= 11 is 0. The summed E-state index contributed by atoms with van der Waals surface area (Å²) in [5.74, 6) is -2.83. The number of carboxylic acid groups (broad SMARTS) is 1. The van der Waals surface area contributed by atoms with Crippen molar-refractivity contribution in [3.05, 3.63) is 71.6 Å². The standard InChI is InChI=1S/C20H18N4O6/c1-12-8-13(24-11-21-10-22-24)9-15(18(25)26)16(12)23-7-5-4-6-14(19(27)29-2)17(23)20(28)30-3/h4-11H,1-3H3,(H,25,26). The van der Waals surface area contributed by atoms with Crippen LogP contribution in [0.5, 0.6) is 0 Å². The number of carbonyl (C=O) groups excluding carboxylic acids is 2. The Morgan fingerprint density at radius 1 is 1.07 bits per heavy atom. The lowest BCUT2D eigenvalue weighted by Crippen LogP contribution is -2.29. The summed E-state index contributed by atoms with van der Waals surface area (Å²) < 4.78 is 11.1. The molecule has 0 atom stereocenters. The molecule has 30 heavy (non-hydrogen) atoms. The second-order valence-corrected chi connectivity index (χ2v) is 6.12. The first-order valence-corrected chi connectivity index (χ1v) is 8.67. The van der Waals surface area contributed by atoms with Crippen LogP contribution in [0.3, 0.4) is 0 Å². The Kier molecular flexibility index (Phi) is 5.77. The third kappa shape index (κ3) is 3.70. The van der Waals surface area contributed by atoms with E-state index < -0.39 is 17.9 Å². The monoisotopic (exact) mass is 410 g/mol. The first-order chi connectivity index (χ1) is 14.4. The molecule has 3 rings (SSSR count). The molecule has 0 spiro atoms. The highest BCUT2D eigenvalue weighted by molar-refractivity contribution is 6.07. The summed E-state index contributed by atoms with van der Waals surface area (Å²) in [6.07, 6.45) is 8.74. The van der Waals surface area contributed by atoms with E-state index >= 15 is 0 Å². The van der Waals surface area contributed by atoms with Crippen LogP contribution in [0.15, 0.2) is 60.5 Å². The topological polar surface area (TPSA) is 124 Å². The van der Waals surface area contributed by atoms with Crippen molar-refractivity contribution in [1.29, 1.82) is 0 Å². The second kappa shape index (κ2) is 8.43. The molecule has 0 bridgehead atoms. The normalized spacial score (nSPS) is 13.2. The van der Waals surface area contributed by atoms with Gasteiger partial charge in [0.15, 0.2) is 0 Å². The van der Waals surface area contributed by atoms with Crippen molar-refractivity contribution in [3.8, 4) is 5.69 Å². The van der Waals surface area contributed by atoms with Crippen molar-refractivity contribution < 1.29 is 29.0 Å². The van der Waals surface area contributed by atoms with Crippen LogP contribution in [0.4, 0.5) is 5.69 Å². The van der Waals surface area contributed by atoms with E-state index in [1.54, 1.807) is 19.1 Å². The third-order valence-electron chi connectivity index (χ3n) is 4.33. The van der Waals surface area contributed by atoms with Crippen molar-refractivity contribution in [1.82, 2.24) is 14.8 Å². The molecule has 0 amide bonds. The highest BCUT2D eigenvalue weighted by Gasteiger charge is 2.31. The Bertz CT molecular complexity index is 1100. The van der Waals surface area contributed by atoms with Crippen molar-refractivity contribution in [2.24, 2.45) is 0 Å². The number of methoxy groups -OCH3 is 2. The van der Waals surface area contributed by atoms with Crippen LogP contribution >= 0.6 is 0 Å². The summed E-state index contributed by atoms with van der Waals surface area (Å²) in [4.78, 5) is 42.2. The number of benzene rings is 1. The van der Waals surface area contributed by atoms with Gasteiger partial charge < -0.3 is 19.5 Å². The Morgan fingerprint density at radius 2 is 1.80 bits per heavy atom. The molecule has 1 aliphatic heterocycles. The van der Waals surface area contributed by atoms with Crippen LogP contribution in [0.1, 0.15) is 15.9 Å². The molecule has 0 fully saturated rings. The molecule has 2 heterocycles. The lowest BCUT2D eigenvalue weighted by Gasteiger charge is -2.26. The Balaban J connectivity index is 2.30. The molecule has 1 aliphatic rings. The maximum atomic E-state index is 12.6. The molecule has 0 radical (unpaired) electrons. The Hall–Kier alpha value is -4.21. The van der Waals surface area contributed by atoms with Crippen LogP contribution < -0.4 is 4.90 Å². The average molecular weight is 410 g/mol. The molecule has 0 aliphatic carbocycles. The minimum Gasteiger partial charge on any atom is -0.478 e. The molecule has 0 saturated carbocycles. The average Bonchev–Trinajstić information content (AvgIpc) is 3.19. The van der Waals surface area contributed by atoms with Gasteiger partial charge in [-0.3, -0.25) is 0 Å². The van der Waals surface area contributed by atoms with E-state index in [1.165, 1.54) is 60.9 Å². The smallest absolute Gasteiger partial charge is 0.355 e. The van der Waals surface area contributed by atoms with Gasteiger partial charge in [-0.15, -0.1) is 0 Å². The zero-order valence-corrected chi connectivity index (χ0v) is 16.4. The molecular weight excluding hydrogens is 392 g/mol. The number of aryl methyl sites for hydroxylation is 1. The number of hydrogen-bond acceptors (Lipinski definition) is 8. The summed E-state index contributed by atoms with van der Waals surface area (Å²) in [6, 6.07) is 3.09. The van der Waals surface area contributed by atoms with Crippen LogP contribution in [0, 0.1) is 6.92 Å². The Labute approximate surface area is 171 Å². The van der Waals surface area contributed by atoms with E-state index in [0.717, 1.165) is 0 Å². The predicted molar refractivity (Wildman–Crippen MR) is 105 cm³/mol. The number of anilines is 1. The zero-order valence-electron chi connectivity index (χ0n) is 16.4. The van der Waals surface area contributed by atoms with Crippen LogP contribution in [0.2, 0.25) is 0 Å². The van der Waals surface area contributed by atoms with E-state index in [9.17, 15) is 19.5 Å². The summed E-state index contributed by atoms with van der Waals surface area (Å²) in [5.41, 5.74) is 0.808. The molecule has 1 aromatic carbocycles. The maximum absolute atomic E-state index is 12.6. The van der Waals surface area contributed by atoms with Crippen LogP contribution in [-0.2, 0) is 19.1 Å². The number of rotatable bonds is 5. The summed E-state index contributed by atoms with van der Waals surface area (Å²) in [6.45, 7) is 1.68. The number of hydrogen-bond donors (Lipinski definition) is 1. The minimum atomic E-state index is -1.23. The van der Waals surface area contributed by atoms with Gasteiger partial charge in [-0.25, -0.2) is 24.0 Å². The van der Waals surface area contributed by atoms with E-state index in [2.05, 4.69) is 10.1 Å². The molecule has 0 unspecified atom stereocenters. The van der Waals surface area contributed by atoms with E-state index in [4.69, 9.17) is 9.47 Å². The van der Waals surface area contributed by atoms with Gasteiger partial charge in [-0.1, -0.05) is 6.08 Å². The molecule has 154 valence electrons. The second-order valence-electron chi connectivity index (χ2n) is 6.12. The SMILES string of the molecule is COC(=O)C1=C(C(=O)OC)N(c2c(C)cc(-n3cncn3)cc2C(=O)O)C=CC=C1. The Morgan fingerprint density at radius 3 is 2.40 bits per heavy atom. The minimum absolute atomic E-state index is 0.0783. The van der Waals surface area contributed by atoms with Gasteiger partial charge in [-0.2, -0.15) is 5.10 Å². The largest absolute Gasteiger partial charge is 0.478 e. The molecule has 10 nitrogen and oxygen atoms in total. The van der Waals surface area contributed by atoms with Gasteiger partial charge >= 0.3 is 17.9 Å². The number of aromatic nitrogens is 3. The fourth-order valence-corrected chi connectivity index (χ4v) is 3.05. The predicted octanol–water partition coefficient (Wildman–Crippen LogP) is 1.76. The molecule has 1 N–H and O–H groups in total. The van der Waals surface area contributed by atoms with E-state index in [0.29, 0.717) is 11.3 Å². The number of nitrogens with zero attached hydrogens (tertiary/aromatic N) is 4. The van der Waals surface area contributed by atoms with Crippen molar-refractivity contribution >= 4 is 23.6 Å². The summed E-state index contributed by atoms with van der Waals surface area (Å²) in [7, 11) is 2.35. The third-order valence-corrected chi connectivity index (χ3v) is 4.33. The number of allylic oxidation sites excluding steroid dienone is 2. The highest BCUT2D eigenvalue weighted by atomic mass is 16.5.